The summed E-state index contributed by atoms with van der Waals surface area (Å²) >= 11 is 18.1. The minimum atomic E-state index is 0.0866. The van der Waals surface area contributed by atoms with E-state index in [0.29, 0.717) is 26.6 Å². The molecule has 0 spiro atoms. The van der Waals surface area contributed by atoms with Crippen LogP contribution in [0.1, 0.15) is 12.5 Å². The first-order chi connectivity index (χ1) is 9.45. The molecule has 0 bridgehead atoms. The molecule has 0 saturated carbocycles. The van der Waals surface area contributed by atoms with Gasteiger partial charge >= 0.3 is 0 Å². The Morgan fingerprint density at radius 1 is 1.00 bits per heavy atom. The number of rotatable bonds is 4. The maximum Gasteiger partial charge on any atom is 0.146 e. The lowest BCUT2D eigenvalue weighted by Crippen LogP contribution is -2.17. The van der Waals surface area contributed by atoms with E-state index in [4.69, 9.17) is 45.3 Å². The number of benzene rings is 2. The Kier molecular flexibility index (Phi) is 5.17. The van der Waals surface area contributed by atoms with Crippen LogP contribution in [0.15, 0.2) is 36.4 Å². The number of ether oxygens (including phenoxy) is 1. The fourth-order valence-electron chi connectivity index (χ4n) is 1.80. The zero-order valence-corrected chi connectivity index (χ0v) is 13.1. The largest absolute Gasteiger partial charge is 0.454 e. The standard InChI is InChI=1S/C15H14Cl3NO/c1-9(19)6-10-2-4-14(12(17)7-10)20-15-5-3-11(16)8-13(15)18/h2-5,7-9H,6,19H2,1H3. The van der Waals surface area contributed by atoms with E-state index in [1.807, 2.05) is 25.1 Å². The van der Waals surface area contributed by atoms with Crippen molar-refractivity contribution >= 4 is 34.8 Å². The van der Waals surface area contributed by atoms with Gasteiger partial charge in [-0.15, -0.1) is 0 Å². The van der Waals surface area contributed by atoms with Crippen LogP contribution < -0.4 is 10.5 Å². The van der Waals surface area contributed by atoms with Crippen LogP contribution in [0.3, 0.4) is 0 Å². The molecule has 0 saturated heterocycles. The van der Waals surface area contributed by atoms with Crippen LogP contribution in [-0.2, 0) is 6.42 Å². The molecular formula is C15H14Cl3NO. The molecule has 0 heterocycles. The maximum atomic E-state index is 6.21. The van der Waals surface area contributed by atoms with Gasteiger partial charge in [0.15, 0.2) is 0 Å². The molecule has 0 aliphatic heterocycles. The predicted octanol–water partition coefficient (Wildman–Crippen LogP) is 5.33. The van der Waals surface area contributed by atoms with Gasteiger partial charge in [0, 0.05) is 11.1 Å². The van der Waals surface area contributed by atoms with Gasteiger partial charge in [0.25, 0.3) is 0 Å². The number of hydrogen-bond acceptors (Lipinski definition) is 2. The molecule has 1 atom stereocenters. The van der Waals surface area contributed by atoms with Crippen LogP contribution >= 0.6 is 34.8 Å². The monoisotopic (exact) mass is 329 g/mol. The molecule has 106 valence electrons. The highest BCUT2D eigenvalue weighted by atomic mass is 35.5. The second kappa shape index (κ2) is 6.68. The Balaban J connectivity index is 2.21. The molecule has 0 aliphatic rings. The van der Waals surface area contributed by atoms with Crippen molar-refractivity contribution in [1.82, 2.24) is 0 Å². The summed E-state index contributed by atoms with van der Waals surface area (Å²) in [6.45, 7) is 1.95. The van der Waals surface area contributed by atoms with Crippen molar-refractivity contribution in [1.29, 1.82) is 0 Å². The molecule has 2 N–H and O–H groups in total. The Morgan fingerprint density at radius 3 is 2.15 bits per heavy atom. The first kappa shape index (κ1) is 15.5. The second-order valence-electron chi connectivity index (χ2n) is 4.62. The van der Waals surface area contributed by atoms with Gasteiger partial charge in [-0.05, 0) is 49.2 Å². The molecule has 5 heteroatoms. The van der Waals surface area contributed by atoms with Gasteiger partial charge in [0.2, 0.25) is 0 Å². The minimum Gasteiger partial charge on any atom is -0.454 e. The van der Waals surface area contributed by atoms with E-state index < -0.39 is 0 Å². The lowest BCUT2D eigenvalue weighted by atomic mass is 10.1. The smallest absolute Gasteiger partial charge is 0.146 e. The topological polar surface area (TPSA) is 35.2 Å². The Labute approximate surface area is 133 Å². The third-order valence-corrected chi connectivity index (χ3v) is 3.49. The first-order valence-electron chi connectivity index (χ1n) is 6.12. The number of hydrogen-bond donors (Lipinski definition) is 1. The summed E-state index contributed by atoms with van der Waals surface area (Å²) in [5.74, 6) is 1.06. The normalized spacial score (nSPS) is 12.2. The molecule has 0 radical (unpaired) electrons. The van der Waals surface area contributed by atoms with Crippen LogP contribution in [0.2, 0.25) is 15.1 Å². The van der Waals surface area contributed by atoms with Crippen molar-refractivity contribution in [2.45, 2.75) is 19.4 Å². The molecule has 2 rings (SSSR count). The van der Waals surface area contributed by atoms with Crippen LogP contribution in [0.5, 0.6) is 11.5 Å². The molecule has 1 unspecified atom stereocenters. The number of halogens is 3. The molecular weight excluding hydrogens is 317 g/mol. The molecule has 2 aromatic carbocycles. The SMILES string of the molecule is CC(N)Cc1ccc(Oc2ccc(Cl)cc2Cl)c(Cl)c1. The third kappa shape index (κ3) is 4.03. The molecule has 0 aliphatic carbocycles. The highest BCUT2D eigenvalue weighted by Crippen LogP contribution is 2.35. The summed E-state index contributed by atoms with van der Waals surface area (Å²) in [6, 6.07) is 10.7. The van der Waals surface area contributed by atoms with Gasteiger partial charge in [0.05, 0.1) is 10.0 Å². The summed E-state index contributed by atoms with van der Waals surface area (Å²) in [6.07, 6.45) is 0.766. The first-order valence-corrected chi connectivity index (χ1v) is 7.26. The van der Waals surface area contributed by atoms with E-state index in [1.54, 1.807) is 18.2 Å². The highest BCUT2D eigenvalue weighted by molar-refractivity contribution is 6.35. The van der Waals surface area contributed by atoms with E-state index in [9.17, 15) is 0 Å². The van der Waals surface area contributed by atoms with E-state index in [2.05, 4.69) is 0 Å². The fraction of sp³-hybridized carbons (Fsp3) is 0.200. The summed E-state index contributed by atoms with van der Waals surface area (Å²) in [7, 11) is 0. The average molecular weight is 331 g/mol. The van der Waals surface area contributed by atoms with Crippen molar-refractivity contribution in [2.24, 2.45) is 5.73 Å². The zero-order valence-electron chi connectivity index (χ0n) is 10.9. The summed E-state index contributed by atoms with van der Waals surface area (Å²) in [4.78, 5) is 0. The van der Waals surface area contributed by atoms with Crippen molar-refractivity contribution in [2.75, 3.05) is 0 Å². The molecule has 0 aromatic heterocycles. The maximum absolute atomic E-state index is 6.21. The van der Waals surface area contributed by atoms with Crippen molar-refractivity contribution in [3.63, 3.8) is 0 Å². The van der Waals surface area contributed by atoms with Crippen molar-refractivity contribution < 1.29 is 4.74 Å². The van der Waals surface area contributed by atoms with Gasteiger partial charge < -0.3 is 10.5 Å². The quantitative estimate of drug-likeness (QED) is 0.822. The highest BCUT2D eigenvalue weighted by Gasteiger charge is 2.08. The molecule has 20 heavy (non-hydrogen) atoms. The predicted molar refractivity (Wildman–Crippen MR) is 85.3 cm³/mol. The lowest BCUT2D eigenvalue weighted by molar-refractivity contribution is 0.483. The Hall–Kier alpha value is -0.930. The van der Waals surface area contributed by atoms with Gasteiger partial charge in [-0.25, -0.2) is 0 Å². The molecule has 2 aromatic rings. The number of nitrogens with two attached hydrogens (primary N) is 1. The lowest BCUT2D eigenvalue weighted by Gasteiger charge is -2.11. The van der Waals surface area contributed by atoms with Crippen molar-refractivity contribution in [3.8, 4) is 11.5 Å². The van der Waals surface area contributed by atoms with E-state index >= 15 is 0 Å². The zero-order chi connectivity index (χ0) is 14.7. The summed E-state index contributed by atoms with van der Waals surface area (Å²) in [5, 5.41) is 1.52. The van der Waals surface area contributed by atoms with Crippen LogP contribution in [0, 0.1) is 0 Å². The molecule has 2 nitrogen and oxygen atoms in total. The van der Waals surface area contributed by atoms with Crippen LogP contribution in [0.25, 0.3) is 0 Å². The van der Waals surface area contributed by atoms with E-state index in [1.165, 1.54) is 0 Å². The van der Waals surface area contributed by atoms with Gasteiger partial charge in [-0.2, -0.15) is 0 Å². The van der Waals surface area contributed by atoms with Crippen molar-refractivity contribution in [3.05, 3.63) is 57.0 Å². The summed E-state index contributed by atoms with van der Waals surface area (Å²) in [5.41, 5.74) is 6.83. The Bertz CT molecular complexity index is 614. The van der Waals surface area contributed by atoms with Gasteiger partial charge in [0.1, 0.15) is 11.5 Å². The van der Waals surface area contributed by atoms with Gasteiger partial charge in [-0.1, -0.05) is 40.9 Å². The van der Waals surface area contributed by atoms with Crippen LogP contribution in [-0.4, -0.2) is 6.04 Å². The second-order valence-corrected chi connectivity index (χ2v) is 5.87. The molecule has 0 amide bonds. The molecule has 0 fully saturated rings. The fourth-order valence-corrected chi connectivity index (χ4v) is 2.49. The minimum absolute atomic E-state index is 0.0866. The van der Waals surface area contributed by atoms with E-state index in [0.717, 1.165) is 12.0 Å². The average Bonchev–Trinajstić information content (AvgIpc) is 2.34. The van der Waals surface area contributed by atoms with Gasteiger partial charge in [-0.3, -0.25) is 0 Å². The summed E-state index contributed by atoms with van der Waals surface area (Å²) < 4.78 is 5.70. The van der Waals surface area contributed by atoms with Crippen LogP contribution in [0.4, 0.5) is 0 Å². The van der Waals surface area contributed by atoms with E-state index in [-0.39, 0.29) is 6.04 Å². The third-order valence-electron chi connectivity index (χ3n) is 2.67. The Morgan fingerprint density at radius 2 is 1.60 bits per heavy atom.